The van der Waals surface area contributed by atoms with Crippen molar-refractivity contribution in [1.82, 2.24) is 15.0 Å². The van der Waals surface area contributed by atoms with Crippen LogP contribution in [-0.2, 0) is 0 Å². The van der Waals surface area contributed by atoms with Crippen LogP contribution >= 0.6 is 0 Å². The molecule has 48 heavy (non-hydrogen) atoms. The summed E-state index contributed by atoms with van der Waals surface area (Å²) in [6, 6.07) is 41.3. The molecule has 5 nitrogen and oxygen atoms in total. The van der Waals surface area contributed by atoms with E-state index in [1.807, 2.05) is 60.7 Å². The molecule has 3 aromatic heterocycles. The number of nitrogens with zero attached hydrogens (tertiary/aromatic N) is 3. The molecule has 0 saturated carbocycles. The minimum absolute atomic E-state index is 0.585. The highest BCUT2D eigenvalue weighted by atomic mass is 16.3. The summed E-state index contributed by atoms with van der Waals surface area (Å²) in [5.74, 6) is 1.79. The van der Waals surface area contributed by atoms with E-state index in [1.165, 1.54) is 11.1 Å². The van der Waals surface area contributed by atoms with Gasteiger partial charge in [0.15, 0.2) is 17.5 Å². The normalized spacial score (nSPS) is 13.3. The van der Waals surface area contributed by atoms with Gasteiger partial charge in [0.2, 0.25) is 0 Å². The standard InChI is InChI=1S/C43H27N3O2/c1-3-11-26(12-4-1)34-23-28-15-7-8-16-31(28)40-39(34)33-21-19-30(25-38(33)48-40)43-45-41(27-13-5-2-6-14-27)44-42(46-43)29-20-22-37-35(24-29)32-17-9-10-18-36(32)47-37/h2-3,5-25H,1,4H2. The molecular weight excluding hydrogens is 590 g/mol. The SMILES string of the molecule is C1=CC(c2cc3ccccc3c3oc4cc(-c5nc(-c6ccccc6)nc(-c6ccc7oc8ccccc8c7c6)n5)ccc4c23)=CCC1. The summed E-state index contributed by atoms with van der Waals surface area (Å²) in [6.45, 7) is 0. The lowest BCUT2D eigenvalue weighted by Crippen LogP contribution is -2.00. The zero-order valence-electron chi connectivity index (χ0n) is 25.9. The van der Waals surface area contributed by atoms with Gasteiger partial charge >= 0.3 is 0 Å². The van der Waals surface area contributed by atoms with Gasteiger partial charge in [-0.15, -0.1) is 0 Å². The predicted octanol–water partition coefficient (Wildman–Crippen LogP) is 11.6. The number of benzene rings is 6. The summed E-state index contributed by atoms with van der Waals surface area (Å²) in [4.78, 5) is 15.0. The van der Waals surface area contributed by atoms with Gasteiger partial charge < -0.3 is 8.83 Å². The van der Waals surface area contributed by atoms with Crippen LogP contribution in [-0.4, -0.2) is 15.0 Å². The molecule has 0 atom stereocenters. The topological polar surface area (TPSA) is 65.0 Å². The van der Waals surface area contributed by atoms with Gasteiger partial charge in [-0.2, -0.15) is 0 Å². The number of allylic oxidation sites excluding steroid dienone is 4. The first-order valence-electron chi connectivity index (χ1n) is 16.3. The van der Waals surface area contributed by atoms with Crippen molar-refractivity contribution in [1.29, 1.82) is 0 Å². The van der Waals surface area contributed by atoms with Crippen LogP contribution in [0, 0.1) is 0 Å². The van der Waals surface area contributed by atoms with Crippen LogP contribution in [0.5, 0.6) is 0 Å². The van der Waals surface area contributed by atoms with Gasteiger partial charge in [-0.05, 0) is 71.8 Å². The summed E-state index contributed by atoms with van der Waals surface area (Å²) < 4.78 is 12.8. The Morgan fingerprint density at radius 1 is 0.479 bits per heavy atom. The number of hydrogen-bond donors (Lipinski definition) is 0. The molecule has 0 unspecified atom stereocenters. The first kappa shape index (κ1) is 26.8. The first-order chi connectivity index (χ1) is 23.8. The summed E-state index contributed by atoms with van der Waals surface area (Å²) in [7, 11) is 0. The summed E-state index contributed by atoms with van der Waals surface area (Å²) in [6.07, 6.45) is 8.93. The second-order valence-corrected chi connectivity index (χ2v) is 12.3. The van der Waals surface area contributed by atoms with E-state index in [4.69, 9.17) is 23.8 Å². The molecular formula is C43H27N3O2. The van der Waals surface area contributed by atoms with E-state index in [2.05, 4.69) is 78.9 Å². The Labute approximate surface area is 275 Å². The Bertz CT molecular complexity index is 2790. The second kappa shape index (κ2) is 10.6. The van der Waals surface area contributed by atoms with E-state index >= 15 is 0 Å². The largest absolute Gasteiger partial charge is 0.456 e. The molecule has 0 radical (unpaired) electrons. The van der Waals surface area contributed by atoms with Gasteiger partial charge in [0.05, 0.1) is 0 Å². The zero-order chi connectivity index (χ0) is 31.6. The lowest BCUT2D eigenvalue weighted by atomic mass is 9.92. The monoisotopic (exact) mass is 617 g/mol. The van der Waals surface area contributed by atoms with Gasteiger partial charge in [0.25, 0.3) is 0 Å². The average molecular weight is 618 g/mol. The molecule has 0 saturated heterocycles. The summed E-state index contributed by atoms with van der Waals surface area (Å²) >= 11 is 0. The van der Waals surface area contributed by atoms with Gasteiger partial charge in [0.1, 0.15) is 22.3 Å². The highest BCUT2D eigenvalue weighted by Crippen LogP contribution is 2.41. The van der Waals surface area contributed by atoms with Crippen molar-refractivity contribution in [3.05, 3.63) is 145 Å². The molecule has 0 amide bonds. The van der Waals surface area contributed by atoms with Crippen LogP contribution in [0.1, 0.15) is 18.4 Å². The summed E-state index contributed by atoms with van der Waals surface area (Å²) in [5, 5.41) is 6.57. The third-order valence-electron chi connectivity index (χ3n) is 9.33. The van der Waals surface area contributed by atoms with E-state index < -0.39 is 0 Å². The molecule has 0 aliphatic heterocycles. The number of para-hydroxylation sites is 1. The zero-order valence-corrected chi connectivity index (χ0v) is 25.9. The molecule has 0 fully saturated rings. The maximum absolute atomic E-state index is 6.74. The third kappa shape index (κ3) is 4.28. The highest BCUT2D eigenvalue weighted by molar-refractivity contribution is 6.20. The molecule has 9 aromatic rings. The molecule has 226 valence electrons. The Morgan fingerprint density at radius 3 is 2.02 bits per heavy atom. The fraction of sp³-hybridized carbons (Fsp3) is 0.0465. The highest BCUT2D eigenvalue weighted by Gasteiger charge is 2.20. The van der Waals surface area contributed by atoms with Gasteiger partial charge in [-0.3, -0.25) is 0 Å². The number of rotatable bonds is 4. The molecule has 3 heterocycles. The van der Waals surface area contributed by atoms with Crippen molar-refractivity contribution in [3.8, 4) is 34.2 Å². The molecule has 0 N–H and O–H groups in total. The van der Waals surface area contributed by atoms with Crippen molar-refractivity contribution < 1.29 is 8.83 Å². The first-order valence-corrected chi connectivity index (χ1v) is 16.3. The van der Waals surface area contributed by atoms with Gasteiger partial charge in [-0.25, -0.2) is 15.0 Å². The Hall–Kier alpha value is -6.33. The smallest absolute Gasteiger partial charge is 0.164 e. The molecule has 1 aliphatic carbocycles. The maximum Gasteiger partial charge on any atom is 0.164 e. The van der Waals surface area contributed by atoms with Crippen LogP contribution in [0.4, 0.5) is 0 Å². The van der Waals surface area contributed by atoms with E-state index in [0.29, 0.717) is 17.5 Å². The Morgan fingerprint density at radius 2 is 1.19 bits per heavy atom. The number of fused-ring (bicyclic) bond motifs is 8. The van der Waals surface area contributed by atoms with Gasteiger partial charge in [0, 0.05) is 43.6 Å². The quantitative estimate of drug-likeness (QED) is 0.197. The fourth-order valence-corrected chi connectivity index (χ4v) is 7.01. The van der Waals surface area contributed by atoms with Crippen molar-refractivity contribution in [3.63, 3.8) is 0 Å². The number of hydrogen-bond acceptors (Lipinski definition) is 5. The Balaban J connectivity index is 1.18. The van der Waals surface area contributed by atoms with Crippen molar-refractivity contribution in [2.45, 2.75) is 12.8 Å². The fourth-order valence-electron chi connectivity index (χ4n) is 7.01. The van der Waals surface area contributed by atoms with E-state index in [1.54, 1.807) is 0 Å². The molecule has 10 rings (SSSR count). The number of aromatic nitrogens is 3. The van der Waals surface area contributed by atoms with Crippen LogP contribution in [0.15, 0.2) is 148 Å². The van der Waals surface area contributed by atoms with Crippen LogP contribution in [0.3, 0.4) is 0 Å². The third-order valence-corrected chi connectivity index (χ3v) is 9.33. The van der Waals surface area contributed by atoms with Crippen molar-refractivity contribution in [2.24, 2.45) is 0 Å². The van der Waals surface area contributed by atoms with E-state index in [0.717, 1.165) is 84.2 Å². The lowest BCUT2D eigenvalue weighted by molar-refractivity contribution is 0.669. The van der Waals surface area contributed by atoms with E-state index in [9.17, 15) is 0 Å². The molecule has 1 aliphatic rings. The maximum atomic E-state index is 6.74. The Kier molecular flexibility index (Phi) is 5.93. The van der Waals surface area contributed by atoms with E-state index in [-0.39, 0.29) is 0 Å². The number of furan rings is 2. The van der Waals surface area contributed by atoms with Gasteiger partial charge in [-0.1, -0.05) is 97.1 Å². The van der Waals surface area contributed by atoms with Crippen LogP contribution < -0.4 is 0 Å². The predicted molar refractivity (Wildman–Crippen MR) is 195 cm³/mol. The van der Waals surface area contributed by atoms with Crippen LogP contribution in [0.2, 0.25) is 0 Å². The average Bonchev–Trinajstić information content (AvgIpc) is 3.73. The molecule has 6 aromatic carbocycles. The van der Waals surface area contributed by atoms with Crippen molar-refractivity contribution in [2.75, 3.05) is 0 Å². The molecule has 5 heteroatoms. The van der Waals surface area contributed by atoms with Crippen molar-refractivity contribution >= 4 is 60.2 Å². The van der Waals surface area contributed by atoms with Crippen LogP contribution in [0.25, 0.3) is 94.4 Å². The summed E-state index contributed by atoms with van der Waals surface area (Å²) in [5.41, 5.74) is 8.50. The minimum Gasteiger partial charge on any atom is -0.456 e. The second-order valence-electron chi connectivity index (χ2n) is 12.3. The lowest BCUT2D eigenvalue weighted by Gasteiger charge is -2.11. The molecule has 0 bridgehead atoms. The molecule has 0 spiro atoms. The minimum atomic E-state index is 0.585.